The molecule has 1 aliphatic carbocycles. The first kappa shape index (κ1) is 51.4. The number of hydrogen-bond donors (Lipinski definition) is 6. The molecule has 54 heavy (non-hydrogen) atoms. The molecule has 0 aromatic heterocycles. The molecule has 0 bridgehead atoms. The van der Waals surface area contributed by atoms with Crippen molar-refractivity contribution in [1.82, 2.24) is 0 Å². The molecule has 1 fully saturated rings. The molecule has 13 heteroatoms. The third-order valence-electron chi connectivity index (χ3n) is 10.5. The lowest BCUT2D eigenvalue weighted by Crippen LogP contribution is -2.64. The molecule has 0 radical (unpaired) electrons. The highest BCUT2D eigenvalue weighted by atomic mass is 31.2. The van der Waals surface area contributed by atoms with Crippen LogP contribution in [-0.4, -0.2) is 98.9 Å². The standard InChI is InChI=1S/C41H81O12P/c1-3-5-7-9-11-13-15-16-17-18-19-20-21-22-24-26-28-30-35(42)52-34(32-50-31-29-27-25-23-14-12-10-8-6-4-2)33-51-54(48,49)53-41-39(46)37(44)36(43)38(45)40(41)47/h34,36-41,43-47H,3-33H2,1-2H3,(H,48,49). The summed E-state index contributed by atoms with van der Waals surface area (Å²) in [5.41, 5.74) is 0. The normalized spacial score (nSPS) is 23.3. The first-order chi connectivity index (χ1) is 26.0. The molecule has 0 amide bonds. The lowest BCUT2D eigenvalue weighted by Gasteiger charge is -2.41. The molecule has 0 saturated heterocycles. The van der Waals surface area contributed by atoms with Crippen molar-refractivity contribution < 1.29 is 58.3 Å². The zero-order valence-electron chi connectivity index (χ0n) is 34.0. The molecule has 322 valence electrons. The number of phosphoric ester groups is 1. The summed E-state index contributed by atoms with van der Waals surface area (Å²) in [5, 5.41) is 50.0. The van der Waals surface area contributed by atoms with E-state index < -0.39 is 63.1 Å². The van der Waals surface area contributed by atoms with Crippen LogP contribution in [0.2, 0.25) is 0 Å². The van der Waals surface area contributed by atoms with Crippen molar-refractivity contribution in [1.29, 1.82) is 0 Å². The first-order valence-electron chi connectivity index (χ1n) is 21.9. The van der Waals surface area contributed by atoms with Gasteiger partial charge in [0, 0.05) is 13.0 Å². The van der Waals surface area contributed by atoms with Crippen molar-refractivity contribution >= 4 is 13.8 Å². The Kier molecular flexibility index (Phi) is 31.7. The molecule has 0 spiro atoms. The van der Waals surface area contributed by atoms with Gasteiger partial charge in [-0.25, -0.2) is 4.57 Å². The van der Waals surface area contributed by atoms with Crippen LogP contribution < -0.4 is 0 Å². The van der Waals surface area contributed by atoms with Crippen LogP contribution in [0, 0.1) is 0 Å². The van der Waals surface area contributed by atoms with Gasteiger partial charge in [0.1, 0.15) is 42.7 Å². The number of hydrogen-bond acceptors (Lipinski definition) is 11. The van der Waals surface area contributed by atoms with E-state index in [0.29, 0.717) is 13.0 Å². The molecule has 1 saturated carbocycles. The maximum atomic E-state index is 12.8. The minimum absolute atomic E-state index is 0.0689. The van der Waals surface area contributed by atoms with E-state index in [1.807, 2.05) is 0 Å². The minimum atomic E-state index is -5.00. The summed E-state index contributed by atoms with van der Waals surface area (Å²) in [4.78, 5) is 23.1. The molecule has 0 aromatic rings. The Morgan fingerprint density at radius 2 is 0.870 bits per heavy atom. The van der Waals surface area contributed by atoms with Gasteiger partial charge in [-0.3, -0.25) is 13.8 Å². The Balaban J connectivity index is 2.38. The van der Waals surface area contributed by atoms with Crippen molar-refractivity contribution in [2.24, 2.45) is 0 Å². The van der Waals surface area contributed by atoms with Gasteiger partial charge in [0.2, 0.25) is 0 Å². The lowest BCUT2D eigenvalue weighted by atomic mass is 9.85. The Hall–Kier alpha value is -0.660. The second-order valence-electron chi connectivity index (χ2n) is 15.6. The third kappa shape index (κ3) is 25.6. The van der Waals surface area contributed by atoms with Crippen LogP contribution >= 0.6 is 7.82 Å². The number of ether oxygens (including phenoxy) is 2. The topological polar surface area (TPSA) is 192 Å². The number of aliphatic hydroxyl groups excluding tert-OH is 5. The molecule has 1 rings (SSSR count). The predicted octanol–water partition coefficient (Wildman–Crippen LogP) is 8.20. The summed E-state index contributed by atoms with van der Waals surface area (Å²) in [5.74, 6) is -0.473. The zero-order valence-corrected chi connectivity index (χ0v) is 34.9. The van der Waals surface area contributed by atoms with E-state index in [4.69, 9.17) is 18.5 Å². The van der Waals surface area contributed by atoms with E-state index in [0.717, 1.165) is 38.5 Å². The maximum absolute atomic E-state index is 12.8. The summed E-state index contributed by atoms with van der Waals surface area (Å²) >= 11 is 0. The van der Waals surface area contributed by atoms with E-state index in [-0.39, 0.29) is 13.0 Å². The monoisotopic (exact) mass is 797 g/mol. The van der Waals surface area contributed by atoms with Gasteiger partial charge in [0.25, 0.3) is 0 Å². The first-order valence-corrected chi connectivity index (χ1v) is 23.4. The van der Waals surface area contributed by atoms with Crippen molar-refractivity contribution in [3.05, 3.63) is 0 Å². The Morgan fingerprint density at radius 1 is 0.519 bits per heavy atom. The number of phosphoric acid groups is 1. The summed E-state index contributed by atoms with van der Waals surface area (Å²) < 4.78 is 34.1. The van der Waals surface area contributed by atoms with Crippen LogP contribution in [0.4, 0.5) is 0 Å². The summed E-state index contributed by atoms with van der Waals surface area (Å²) in [7, 11) is -5.00. The van der Waals surface area contributed by atoms with E-state index in [9.17, 15) is 39.8 Å². The largest absolute Gasteiger partial charge is 0.472 e. The molecule has 6 unspecified atom stereocenters. The van der Waals surface area contributed by atoms with Crippen LogP contribution in [0.5, 0.6) is 0 Å². The zero-order chi connectivity index (χ0) is 39.9. The van der Waals surface area contributed by atoms with E-state index in [2.05, 4.69) is 13.8 Å². The number of carbonyl (C=O) groups excluding carboxylic acids is 1. The number of unbranched alkanes of at least 4 members (excludes halogenated alkanes) is 25. The quantitative estimate of drug-likeness (QED) is 0.0201. The van der Waals surface area contributed by atoms with Crippen LogP contribution in [0.25, 0.3) is 0 Å². The number of carbonyl (C=O) groups is 1. The molecular formula is C41H81O12P. The van der Waals surface area contributed by atoms with Crippen LogP contribution in [-0.2, 0) is 27.9 Å². The summed E-state index contributed by atoms with van der Waals surface area (Å²) in [6.45, 7) is 4.26. The number of aliphatic hydroxyl groups is 5. The minimum Gasteiger partial charge on any atom is -0.457 e. The van der Waals surface area contributed by atoms with Gasteiger partial charge in [-0.1, -0.05) is 174 Å². The lowest BCUT2D eigenvalue weighted by molar-refractivity contribution is -0.220. The molecule has 0 heterocycles. The van der Waals surface area contributed by atoms with Crippen LogP contribution in [0.1, 0.15) is 194 Å². The van der Waals surface area contributed by atoms with E-state index in [1.54, 1.807) is 0 Å². The van der Waals surface area contributed by atoms with Crippen LogP contribution in [0.15, 0.2) is 0 Å². The SMILES string of the molecule is CCCCCCCCCCCCCCCCCCCC(=O)OC(COCCCCCCCCCCCC)COP(=O)(O)OC1C(O)C(O)C(O)C(O)C1O. The molecule has 6 N–H and O–H groups in total. The van der Waals surface area contributed by atoms with Crippen LogP contribution in [0.3, 0.4) is 0 Å². The van der Waals surface area contributed by atoms with Crippen molar-refractivity contribution in [3.63, 3.8) is 0 Å². The number of esters is 1. The average molecular weight is 797 g/mol. The maximum Gasteiger partial charge on any atom is 0.472 e. The highest BCUT2D eigenvalue weighted by molar-refractivity contribution is 7.47. The van der Waals surface area contributed by atoms with E-state index in [1.165, 1.54) is 128 Å². The third-order valence-corrected chi connectivity index (χ3v) is 11.5. The van der Waals surface area contributed by atoms with Gasteiger partial charge in [-0.2, -0.15) is 0 Å². The molecular weight excluding hydrogens is 715 g/mol. The smallest absolute Gasteiger partial charge is 0.457 e. The fourth-order valence-electron chi connectivity index (χ4n) is 6.94. The summed E-state index contributed by atoms with van der Waals surface area (Å²) in [6, 6.07) is 0. The number of rotatable bonds is 37. The molecule has 0 aliphatic heterocycles. The fourth-order valence-corrected chi connectivity index (χ4v) is 7.92. The second kappa shape index (κ2) is 33.3. The molecule has 6 atom stereocenters. The summed E-state index contributed by atoms with van der Waals surface area (Å²) in [6.07, 6.45) is 20.4. The Morgan fingerprint density at radius 3 is 1.28 bits per heavy atom. The van der Waals surface area contributed by atoms with E-state index >= 15 is 0 Å². The fraction of sp³-hybridized carbons (Fsp3) is 0.976. The predicted molar refractivity (Wildman–Crippen MR) is 212 cm³/mol. The van der Waals surface area contributed by atoms with Crippen molar-refractivity contribution in [2.75, 3.05) is 19.8 Å². The second-order valence-corrected chi connectivity index (χ2v) is 17.0. The van der Waals surface area contributed by atoms with Gasteiger partial charge >= 0.3 is 13.8 Å². The van der Waals surface area contributed by atoms with Gasteiger partial charge in [0.05, 0.1) is 13.2 Å². The van der Waals surface area contributed by atoms with Gasteiger partial charge in [-0.15, -0.1) is 0 Å². The van der Waals surface area contributed by atoms with Gasteiger partial charge < -0.3 is 39.9 Å². The molecule has 12 nitrogen and oxygen atoms in total. The Bertz CT molecular complexity index is 911. The molecule has 0 aromatic carbocycles. The average Bonchev–Trinajstić information content (AvgIpc) is 3.15. The highest BCUT2D eigenvalue weighted by Gasteiger charge is 2.51. The van der Waals surface area contributed by atoms with Crippen molar-refractivity contribution in [2.45, 2.75) is 236 Å². The molecule has 1 aliphatic rings. The highest BCUT2D eigenvalue weighted by Crippen LogP contribution is 2.47. The van der Waals surface area contributed by atoms with Gasteiger partial charge in [-0.05, 0) is 12.8 Å². The van der Waals surface area contributed by atoms with Gasteiger partial charge in [0.15, 0.2) is 0 Å². The van der Waals surface area contributed by atoms with Crippen molar-refractivity contribution in [3.8, 4) is 0 Å². The Labute approximate surface area is 327 Å².